The Labute approximate surface area is 97.5 Å². The van der Waals surface area contributed by atoms with Crippen LogP contribution < -0.4 is 5.32 Å². The first-order chi connectivity index (χ1) is 7.88. The van der Waals surface area contributed by atoms with Crippen molar-refractivity contribution >= 4 is 0 Å². The van der Waals surface area contributed by atoms with Crippen LogP contribution >= 0.6 is 0 Å². The fraction of sp³-hybridized carbons (Fsp3) is 0.667. The van der Waals surface area contributed by atoms with Crippen molar-refractivity contribution in [2.75, 3.05) is 34.0 Å². The monoisotopic (exact) mass is 226 g/mol. The maximum atomic E-state index is 5.05. The number of hydrogen-bond donors (Lipinski definition) is 1. The fourth-order valence-corrected chi connectivity index (χ4v) is 1.60. The number of rotatable bonds is 9. The van der Waals surface area contributed by atoms with Crippen molar-refractivity contribution in [3.8, 4) is 0 Å². The van der Waals surface area contributed by atoms with Crippen LogP contribution in [-0.4, -0.2) is 38.5 Å². The van der Waals surface area contributed by atoms with Crippen LogP contribution in [0.25, 0.3) is 0 Å². The predicted molar refractivity (Wildman–Crippen MR) is 64.5 cm³/mol. The summed E-state index contributed by atoms with van der Waals surface area (Å²) in [6.07, 6.45) is 3.17. The smallest absolute Gasteiger partial charge is 0.0587 e. The molecule has 4 nitrogen and oxygen atoms in total. The minimum atomic E-state index is 0.754. The lowest BCUT2D eigenvalue weighted by Crippen LogP contribution is -2.20. The van der Waals surface area contributed by atoms with Crippen molar-refractivity contribution in [2.45, 2.75) is 19.5 Å². The zero-order valence-electron chi connectivity index (χ0n) is 10.2. The average molecular weight is 226 g/mol. The SMILES string of the molecule is COCCCn1cccc1CNCCOC. The van der Waals surface area contributed by atoms with Gasteiger partial charge in [-0.3, -0.25) is 0 Å². The van der Waals surface area contributed by atoms with Crippen LogP contribution in [-0.2, 0) is 22.6 Å². The van der Waals surface area contributed by atoms with Gasteiger partial charge in [-0.15, -0.1) is 0 Å². The van der Waals surface area contributed by atoms with Gasteiger partial charge in [0.05, 0.1) is 6.61 Å². The van der Waals surface area contributed by atoms with Crippen LogP contribution in [0.1, 0.15) is 12.1 Å². The molecule has 1 aromatic rings. The third kappa shape index (κ3) is 4.79. The fourth-order valence-electron chi connectivity index (χ4n) is 1.60. The molecule has 92 valence electrons. The number of aryl methyl sites for hydroxylation is 1. The molecule has 0 aliphatic heterocycles. The molecule has 0 fully saturated rings. The number of ether oxygens (including phenoxy) is 2. The van der Waals surface area contributed by atoms with Crippen molar-refractivity contribution in [3.05, 3.63) is 24.0 Å². The molecule has 1 rings (SSSR count). The Morgan fingerprint density at radius 3 is 2.81 bits per heavy atom. The molecule has 1 aromatic heterocycles. The average Bonchev–Trinajstić information content (AvgIpc) is 2.73. The lowest BCUT2D eigenvalue weighted by atomic mass is 10.4. The van der Waals surface area contributed by atoms with Gasteiger partial charge >= 0.3 is 0 Å². The van der Waals surface area contributed by atoms with Crippen molar-refractivity contribution in [1.82, 2.24) is 9.88 Å². The summed E-state index contributed by atoms with van der Waals surface area (Å²) in [5, 5.41) is 3.34. The highest BCUT2D eigenvalue weighted by Gasteiger charge is 1.99. The van der Waals surface area contributed by atoms with Gasteiger partial charge < -0.3 is 19.4 Å². The second-order valence-corrected chi connectivity index (χ2v) is 3.71. The van der Waals surface area contributed by atoms with E-state index in [9.17, 15) is 0 Å². The lowest BCUT2D eigenvalue weighted by Gasteiger charge is -2.09. The van der Waals surface area contributed by atoms with Crippen molar-refractivity contribution in [3.63, 3.8) is 0 Å². The molecule has 0 unspecified atom stereocenters. The Kier molecular flexibility index (Phi) is 6.88. The third-order valence-electron chi connectivity index (χ3n) is 2.46. The molecule has 0 radical (unpaired) electrons. The zero-order chi connectivity index (χ0) is 11.6. The van der Waals surface area contributed by atoms with Gasteiger partial charge in [0.1, 0.15) is 0 Å². The van der Waals surface area contributed by atoms with Crippen LogP contribution in [0.5, 0.6) is 0 Å². The third-order valence-corrected chi connectivity index (χ3v) is 2.46. The van der Waals surface area contributed by atoms with Gasteiger partial charge in [-0.05, 0) is 18.6 Å². The summed E-state index contributed by atoms with van der Waals surface area (Å²) in [6.45, 7) is 4.37. The van der Waals surface area contributed by atoms with E-state index < -0.39 is 0 Å². The number of hydrogen-bond acceptors (Lipinski definition) is 3. The quantitative estimate of drug-likeness (QED) is 0.644. The van der Waals surface area contributed by atoms with E-state index in [0.29, 0.717) is 0 Å². The second-order valence-electron chi connectivity index (χ2n) is 3.71. The van der Waals surface area contributed by atoms with E-state index in [1.807, 2.05) is 0 Å². The highest BCUT2D eigenvalue weighted by atomic mass is 16.5. The Bertz CT molecular complexity index is 274. The van der Waals surface area contributed by atoms with Gasteiger partial charge in [0.25, 0.3) is 0 Å². The Balaban J connectivity index is 2.26. The summed E-state index contributed by atoms with van der Waals surface area (Å²) in [4.78, 5) is 0. The van der Waals surface area contributed by atoms with Crippen LogP contribution in [0, 0.1) is 0 Å². The molecule has 0 bridgehead atoms. The summed E-state index contributed by atoms with van der Waals surface area (Å²) < 4.78 is 12.3. The number of methoxy groups -OCH3 is 2. The Morgan fingerprint density at radius 1 is 1.25 bits per heavy atom. The molecule has 16 heavy (non-hydrogen) atoms. The van der Waals surface area contributed by atoms with E-state index >= 15 is 0 Å². The maximum absolute atomic E-state index is 5.05. The summed E-state index contributed by atoms with van der Waals surface area (Å²) >= 11 is 0. The molecule has 0 saturated heterocycles. The second kappa shape index (κ2) is 8.33. The highest BCUT2D eigenvalue weighted by molar-refractivity contribution is 5.06. The molecule has 0 atom stereocenters. The minimum Gasteiger partial charge on any atom is -0.385 e. The summed E-state index contributed by atoms with van der Waals surface area (Å²) in [5.74, 6) is 0. The van der Waals surface area contributed by atoms with E-state index in [0.717, 1.165) is 39.3 Å². The molecule has 1 heterocycles. The first-order valence-corrected chi connectivity index (χ1v) is 5.71. The highest BCUT2D eigenvalue weighted by Crippen LogP contribution is 2.03. The molecule has 0 spiro atoms. The van der Waals surface area contributed by atoms with Crippen molar-refractivity contribution in [2.24, 2.45) is 0 Å². The van der Waals surface area contributed by atoms with Crippen LogP contribution in [0.15, 0.2) is 18.3 Å². The maximum Gasteiger partial charge on any atom is 0.0587 e. The van der Waals surface area contributed by atoms with Gasteiger partial charge in [0, 0.05) is 52.4 Å². The molecular formula is C12H22N2O2. The summed E-state index contributed by atoms with van der Waals surface area (Å²) in [5.41, 5.74) is 1.31. The largest absolute Gasteiger partial charge is 0.385 e. The topological polar surface area (TPSA) is 35.4 Å². The molecule has 0 amide bonds. The van der Waals surface area contributed by atoms with Gasteiger partial charge in [0.15, 0.2) is 0 Å². The van der Waals surface area contributed by atoms with E-state index in [2.05, 4.69) is 28.2 Å². The normalized spacial score (nSPS) is 10.9. The van der Waals surface area contributed by atoms with E-state index in [1.165, 1.54) is 5.69 Å². The Hall–Kier alpha value is -0.840. The molecule has 0 aromatic carbocycles. The van der Waals surface area contributed by atoms with Gasteiger partial charge in [-0.25, -0.2) is 0 Å². The molecule has 4 heteroatoms. The first-order valence-electron chi connectivity index (χ1n) is 5.71. The van der Waals surface area contributed by atoms with Crippen LogP contribution in [0.2, 0.25) is 0 Å². The van der Waals surface area contributed by atoms with E-state index in [-0.39, 0.29) is 0 Å². The predicted octanol–water partition coefficient (Wildman–Crippen LogP) is 1.26. The van der Waals surface area contributed by atoms with Gasteiger partial charge in [0.2, 0.25) is 0 Å². The van der Waals surface area contributed by atoms with E-state index in [1.54, 1.807) is 14.2 Å². The van der Waals surface area contributed by atoms with Crippen LogP contribution in [0.4, 0.5) is 0 Å². The number of aromatic nitrogens is 1. The standard InChI is InChI=1S/C12H22N2O2/c1-15-9-4-8-14-7-3-5-12(14)11-13-6-10-16-2/h3,5,7,13H,4,6,8-11H2,1-2H3. The minimum absolute atomic E-state index is 0.754. The van der Waals surface area contributed by atoms with E-state index in [4.69, 9.17) is 9.47 Å². The first kappa shape index (κ1) is 13.2. The molecular weight excluding hydrogens is 204 g/mol. The number of nitrogens with one attached hydrogen (secondary N) is 1. The molecule has 1 N–H and O–H groups in total. The molecule has 0 aliphatic carbocycles. The van der Waals surface area contributed by atoms with Crippen molar-refractivity contribution in [1.29, 1.82) is 0 Å². The molecule has 0 aliphatic rings. The van der Waals surface area contributed by atoms with Gasteiger partial charge in [-0.2, -0.15) is 0 Å². The van der Waals surface area contributed by atoms with Gasteiger partial charge in [-0.1, -0.05) is 0 Å². The molecule has 0 saturated carbocycles. The lowest BCUT2D eigenvalue weighted by molar-refractivity contribution is 0.189. The summed E-state index contributed by atoms with van der Waals surface area (Å²) in [7, 11) is 3.46. The summed E-state index contributed by atoms with van der Waals surface area (Å²) in [6, 6.07) is 4.23. The zero-order valence-corrected chi connectivity index (χ0v) is 10.2. The van der Waals surface area contributed by atoms with Crippen LogP contribution in [0.3, 0.4) is 0 Å². The van der Waals surface area contributed by atoms with Crippen molar-refractivity contribution < 1.29 is 9.47 Å². The Morgan fingerprint density at radius 2 is 2.06 bits per heavy atom. The number of nitrogens with zero attached hydrogens (tertiary/aromatic N) is 1.